The summed E-state index contributed by atoms with van der Waals surface area (Å²) in [6.45, 7) is 0. The molecule has 0 aromatic heterocycles. The van der Waals surface area contributed by atoms with Gasteiger partial charge in [-0.3, -0.25) is 14.9 Å². The number of rotatable bonds is 6. The molecule has 0 saturated heterocycles. The number of amides is 1. The minimum Gasteiger partial charge on any atom is -0.478 e. The first-order chi connectivity index (χ1) is 12.3. The molecule has 0 atom stereocenters. The Kier molecular flexibility index (Phi) is 5.43. The predicted molar refractivity (Wildman–Crippen MR) is 91.1 cm³/mol. The fraction of sp³-hybridized carbons (Fsp3) is 0. The van der Waals surface area contributed by atoms with Crippen LogP contribution in [-0.4, -0.2) is 33.0 Å². The van der Waals surface area contributed by atoms with E-state index in [2.05, 4.69) is 5.32 Å². The number of non-ortho nitro benzene ring substituents is 1. The van der Waals surface area contributed by atoms with Crippen LogP contribution in [0, 0.1) is 10.1 Å². The van der Waals surface area contributed by atoms with Gasteiger partial charge in [0.25, 0.3) is 5.69 Å². The molecule has 0 aliphatic rings. The van der Waals surface area contributed by atoms with E-state index in [4.69, 9.17) is 10.2 Å². The van der Waals surface area contributed by atoms with Gasteiger partial charge < -0.3 is 15.5 Å². The largest absolute Gasteiger partial charge is 0.478 e. The molecule has 0 bridgehead atoms. The van der Waals surface area contributed by atoms with Gasteiger partial charge >= 0.3 is 11.9 Å². The third kappa shape index (κ3) is 4.74. The van der Waals surface area contributed by atoms with E-state index >= 15 is 0 Å². The van der Waals surface area contributed by atoms with Gasteiger partial charge in [-0.1, -0.05) is 0 Å². The van der Waals surface area contributed by atoms with Crippen LogP contribution >= 0.6 is 0 Å². The maximum absolute atomic E-state index is 11.9. The first-order valence-corrected chi connectivity index (χ1v) is 7.11. The molecule has 1 amide bonds. The molecule has 9 nitrogen and oxygen atoms in total. The molecule has 9 heteroatoms. The Morgan fingerprint density at radius 3 is 1.96 bits per heavy atom. The number of nitro groups is 1. The van der Waals surface area contributed by atoms with Crippen molar-refractivity contribution in [2.24, 2.45) is 0 Å². The van der Waals surface area contributed by atoms with E-state index in [1.165, 1.54) is 30.3 Å². The second-order valence-electron chi connectivity index (χ2n) is 5.08. The van der Waals surface area contributed by atoms with Gasteiger partial charge in [0.15, 0.2) is 0 Å². The highest BCUT2D eigenvalue weighted by molar-refractivity contribution is 6.04. The van der Waals surface area contributed by atoms with Crippen molar-refractivity contribution in [3.63, 3.8) is 0 Å². The predicted octanol–water partition coefficient (Wildman–Crippen LogP) is 2.64. The Hall–Kier alpha value is -4.01. The zero-order valence-corrected chi connectivity index (χ0v) is 13.1. The van der Waals surface area contributed by atoms with Crippen molar-refractivity contribution in [3.05, 3.63) is 75.3 Å². The summed E-state index contributed by atoms with van der Waals surface area (Å²) in [6.07, 6.45) is 2.53. The average molecular weight is 356 g/mol. The lowest BCUT2D eigenvalue weighted by Gasteiger charge is -2.06. The van der Waals surface area contributed by atoms with Gasteiger partial charge in [-0.2, -0.15) is 0 Å². The molecular formula is C17H12N2O7. The van der Waals surface area contributed by atoms with Crippen LogP contribution in [0.1, 0.15) is 26.3 Å². The van der Waals surface area contributed by atoms with Crippen LogP contribution in [0.5, 0.6) is 0 Å². The van der Waals surface area contributed by atoms with Gasteiger partial charge in [-0.05, 0) is 42.0 Å². The van der Waals surface area contributed by atoms with Crippen molar-refractivity contribution >= 4 is 35.3 Å². The summed E-state index contributed by atoms with van der Waals surface area (Å²) in [5.74, 6) is -3.28. The van der Waals surface area contributed by atoms with E-state index in [0.717, 1.165) is 24.3 Å². The second kappa shape index (κ2) is 7.71. The zero-order valence-electron chi connectivity index (χ0n) is 13.1. The topological polar surface area (TPSA) is 147 Å². The van der Waals surface area contributed by atoms with Gasteiger partial charge in [-0.15, -0.1) is 0 Å². The third-order valence-electron chi connectivity index (χ3n) is 3.23. The van der Waals surface area contributed by atoms with Gasteiger partial charge in [0, 0.05) is 23.9 Å². The number of hydrogen-bond donors (Lipinski definition) is 3. The number of carbonyl (C=O) groups is 3. The van der Waals surface area contributed by atoms with E-state index in [1.54, 1.807) is 0 Å². The van der Waals surface area contributed by atoms with Crippen molar-refractivity contribution in [3.8, 4) is 0 Å². The van der Waals surface area contributed by atoms with Crippen molar-refractivity contribution < 1.29 is 29.5 Å². The summed E-state index contributed by atoms with van der Waals surface area (Å²) in [5, 5.41) is 30.9. The number of nitro benzene ring substituents is 1. The summed E-state index contributed by atoms with van der Waals surface area (Å²) >= 11 is 0. The molecule has 0 fully saturated rings. The molecule has 132 valence electrons. The Morgan fingerprint density at radius 1 is 0.962 bits per heavy atom. The molecule has 3 N–H and O–H groups in total. The molecule has 0 aliphatic heterocycles. The quantitative estimate of drug-likeness (QED) is 0.409. The maximum Gasteiger partial charge on any atom is 0.335 e. The summed E-state index contributed by atoms with van der Waals surface area (Å²) < 4.78 is 0. The van der Waals surface area contributed by atoms with E-state index in [-0.39, 0.29) is 22.5 Å². The standard InChI is InChI=1S/C17H12N2O7/c20-15(6-3-10-1-4-14(5-2-10)19(25)26)18-13-8-11(16(21)22)7-12(9-13)17(23)24/h1-9H,(H,18,20)(H,21,22)(H,23,24)/b6-3+. The highest BCUT2D eigenvalue weighted by Crippen LogP contribution is 2.16. The first-order valence-electron chi connectivity index (χ1n) is 7.11. The minimum atomic E-state index is -1.33. The van der Waals surface area contributed by atoms with Gasteiger partial charge in [-0.25, -0.2) is 9.59 Å². The van der Waals surface area contributed by atoms with Crippen molar-refractivity contribution in [2.75, 3.05) is 5.32 Å². The normalized spacial score (nSPS) is 10.5. The summed E-state index contributed by atoms with van der Waals surface area (Å²) in [7, 11) is 0. The monoisotopic (exact) mass is 356 g/mol. The number of nitrogens with zero attached hydrogens (tertiary/aromatic N) is 1. The van der Waals surface area contributed by atoms with Crippen LogP contribution in [0.4, 0.5) is 11.4 Å². The summed E-state index contributed by atoms with van der Waals surface area (Å²) in [5.41, 5.74) is -0.0886. The number of anilines is 1. The maximum atomic E-state index is 11.9. The van der Waals surface area contributed by atoms with Crippen LogP contribution in [-0.2, 0) is 4.79 Å². The molecule has 0 aliphatic carbocycles. The molecule has 0 heterocycles. The van der Waals surface area contributed by atoms with Crippen molar-refractivity contribution in [2.45, 2.75) is 0 Å². The van der Waals surface area contributed by atoms with E-state index in [9.17, 15) is 24.5 Å². The Labute approximate surface area is 146 Å². The highest BCUT2D eigenvalue weighted by atomic mass is 16.6. The first kappa shape index (κ1) is 18.3. The Balaban J connectivity index is 2.15. The number of carboxylic acids is 2. The highest BCUT2D eigenvalue weighted by Gasteiger charge is 2.12. The van der Waals surface area contributed by atoms with Crippen LogP contribution < -0.4 is 5.32 Å². The molecule has 0 saturated carbocycles. The number of benzene rings is 2. The summed E-state index contributed by atoms with van der Waals surface area (Å²) in [6, 6.07) is 8.72. The van der Waals surface area contributed by atoms with E-state index in [0.29, 0.717) is 5.56 Å². The summed E-state index contributed by atoms with van der Waals surface area (Å²) in [4.78, 5) is 44.0. The molecule has 0 unspecified atom stereocenters. The molecular weight excluding hydrogens is 344 g/mol. The lowest BCUT2D eigenvalue weighted by Crippen LogP contribution is -2.10. The van der Waals surface area contributed by atoms with Crippen LogP contribution in [0.2, 0.25) is 0 Å². The molecule has 2 aromatic carbocycles. The fourth-order valence-corrected chi connectivity index (χ4v) is 2.01. The molecule has 26 heavy (non-hydrogen) atoms. The smallest absolute Gasteiger partial charge is 0.335 e. The van der Waals surface area contributed by atoms with E-state index < -0.39 is 22.8 Å². The fourth-order valence-electron chi connectivity index (χ4n) is 2.01. The molecule has 2 aromatic rings. The lowest BCUT2D eigenvalue weighted by molar-refractivity contribution is -0.384. The van der Waals surface area contributed by atoms with E-state index in [1.807, 2.05) is 0 Å². The number of aromatic carboxylic acids is 2. The number of carboxylic acid groups (broad SMARTS) is 2. The Bertz CT molecular complexity index is 885. The van der Waals surface area contributed by atoms with Crippen LogP contribution in [0.3, 0.4) is 0 Å². The van der Waals surface area contributed by atoms with Crippen molar-refractivity contribution in [1.82, 2.24) is 0 Å². The van der Waals surface area contributed by atoms with Crippen molar-refractivity contribution in [1.29, 1.82) is 0 Å². The number of nitrogens with one attached hydrogen (secondary N) is 1. The zero-order chi connectivity index (χ0) is 19.3. The average Bonchev–Trinajstić information content (AvgIpc) is 2.59. The minimum absolute atomic E-state index is 0.0145. The van der Waals surface area contributed by atoms with Gasteiger partial charge in [0.1, 0.15) is 0 Å². The van der Waals surface area contributed by atoms with Crippen LogP contribution in [0.25, 0.3) is 6.08 Å². The SMILES string of the molecule is O=C(/C=C/c1ccc([N+](=O)[O-])cc1)Nc1cc(C(=O)O)cc(C(=O)O)c1. The Morgan fingerprint density at radius 2 is 1.50 bits per heavy atom. The van der Waals surface area contributed by atoms with Gasteiger partial charge in [0.05, 0.1) is 16.1 Å². The molecule has 0 spiro atoms. The van der Waals surface area contributed by atoms with Crippen LogP contribution in [0.15, 0.2) is 48.5 Å². The lowest BCUT2D eigenvalue weighted by atomic mass is 10.1. The third-order valence-corrected chi connectivity index (χ3v) is 3.23. The van der Waals surface area contributed by atoms with Gasteiger partial charge in [0.2, 0.25) is 5.91 Å². The molecule has 0 radical (unpaired) electrons. The second-order valence-corrected chi connectivity index (χ2v) is 5.08. The number of carbonyl (C=O) groups excluding carboxylic acids is 1. The number of hydrogen-bond acceptors (Lipinski definition) is 5. The molecule has 2 rings (SSSR count).